The molecule has 0 radical (unpaired) electrons. The summed E-state index contributed by atoms with van der Waals surface area (Å²) < 4.78 is 13.6. The summed E-state index contributed by atoms with van der Waals surface area (Å²) in [6.07, 6.45) is 0. The van der Waals surface area contributed by atoms with Crippen molar-refractivity contribution in [1.82, 2.24) is 4.98 Å². The molecule has 0 saturated heterocycles. The summed E-state index contributed by atoms with van der Waals surface area (Å²) in [6, 6.07) is 4.46. The molecule has 0 aliphatic rings. The van der Waals surface area contributed by atoms with Gasteiger partial charge in [-0.3, -0.25) is 10.1 Å². The highest BCUT2D eigenvalue weighted by molar-refractivity contribution is 7.14. The van der Waals surface area contributed by atoms with Gasteiger partial charge in [0.15, 0.2) is 5.13 Å². The second-order valence-electron chi connectivity index (χ2n) is 3.72. The summed E-state index contributed by atoms with van der Waals surface area (Å²) in [5.41, 5.74) is 1.45. The maximum atomic E-state index is 13.6. The smallest absolute Gasteiger partial charge is 0.260 e. The lowest BCUT2D eigenvalue weighted by Crippen LogP contribution is -2.13. The molecule has 0 saturated carbocycles. The Bertz CT molecular complexity index is 585. The molecule has 3 nitrogen and oxygen atoms in total. The number of benzene rings is 1. The Labute approximate surface area is 113 Å². The van der Waals surface area contributed by atoms with Gasteiger partial charge >= 0.3 is 0 Å². The van der Waals surface area contributed by atoms with Gasteiger partial charge in [0.2, 0.25) is 0 Å². The molecule has 2 aromatic rings. The van der Waals surface area contributed by atoms with Crippen LogP contribution in [0.3, 0.4) is 0 Å². The van der Waals surface area contributed by atoms with Gasteiger partial charge in [0.05, 0.1) is 17.1 Å². The normalized spacial score (nSPS) is 10.4. The fourth-order valence-electron chi connectivity index (χ4n) is 1.39. The van der Waals surface area contributed by atoms with E-state index in [-0.39, 0.29) is 11.4 Å². The number of rotatable bonds is 3. The molecule has 0 aliphatic heterocycles. The van der Waals surface area contributed by atoms with Crippen LogP contribution in [-0.2, 0) is 5.88 Å². The van der Waals surface area contributed by atoms with Gasteiger partial charge in [0.25, 0.3) is 5.91 Å². The number of hydrogen-bond donors (Lipinski definition) is 1. The zero-order valence-electron chi connectivity index (χ0n) is 9.54. The highest BCUT2D eigenvalue weighted by Gasteiger charge is 2.13. The number of aromatic nitrogens is 1. The number of nitrogens with one attached hydrogen (secondary N) is 1. The number of halogens is 2. The van der Waals surface area contributed by atoms with Gasteiger partial charge in [-0.2, -0.15) is 0 Å². The van der Waals surface area contributed by atoms with E-state index in [4.69, 9.17) is 11.6 Å². The number of amides is 1. The number of carbonyl (C=O) groups excluding carboxylic acids is 1. The molecule has 0 aliphatic carbocycles. The van der Waals surface area contributed by atoms with Crippen LogP contribution in [0, 0.1) is 12.7 Å². The van der Waals surface area contributed by atoms with Gasteiger partial charge in [-0.15, -0.1) is 22.9 Å². The predicted octanol–water partition coefficient (Wildman–Crippen LogP) is 3.58. The van der Waals surface area contributed by atoms with E-state index in [9.17, 15) is 9.18 Å². The molecule has 0 fully saturated rings. The Morgan fingerprint density at radius 3 is 2.94 bits per heavy atom. The average molecular weight is 285 g/mol. The lowest BCUT2D eigenvalue weighted by atomic mass is 10.1. The number of hydrogen-bond acceptors (Lipinski definition) is 3. The number of alkyl halides is 1. The molecule has 1 aromatic carbocycles. The van der Waals surface area contributed by atoms with E-state index in [2.05, 4.69) is 10.3 Å². The van der Waals surface area contributed by atoms with Gasteiger partial charge in [0.1, 0.15) is 5.82 Å². The van der Waals surface area contributed by atoms with Crippen LogP contribution in [0.15, 0.2) is 23.6 Å². The van der Waals surface area contributed by atoms with Gasteiger partial charge in [-0.05, 0) is 24.6 Å². The molecule has 2 rings (SSSR count). The SMILES string of the molecule is Cc1ccc(C(=O)Nc2nc(CCl)cs2)c(F)c1. The third kappa shape index (κ3) is 2.86. The molecule has 0 bridgehead atoms. The van der Waals surface area contributed by atoms with E-state index in [0.717, 1.165) is 5.56 Å². The van der Waals surface area contributed by atoms with Crippen molar-refractivity contribution in [1.29, 1.82) is 0 Å². The first-order valence-corrected chi connectivity index (χ1v) is 6.59. The van der Waals surface area contributed by atoms with Crippen molar-refractivity contribution in [3.05, 3.63) is 46.2 Å². The zero-order valence-corrected chi connectivity index (χ0v) is 11.1. The van der Waals surface area contributed by atoms with E-state index in [1.54, 1.807) is 18.4 Å². The Balaban J connectivity index is 2.16. The summed E-state index contributed by atoms with van der Waals surface area (Å²) in [4.78, 5) is 15.9. The van der Waals surface area contributed by atoms with Crippen LogP contribution >= 0.6 is 22.9 Å². The standard InChI is InChI=1S/C12H10ClFN2OS/c1-7-2-3-9(10(14)4-7)11(17)16-12-15-8(5-13)6-18-12/h2-4,6H,5H2,1H3,(H,15,16,17). The van der Waals surface area contributed by atoms with Gasteiger partial charge in [-0.25, -0.2) is 9.37 Å². The first kappa shape index (κ1) is 13.0. The summed E-state index contributed by atoms with van der Waals surface area (Å²) in [6.45, 7) is 1.76. The molecule has 1 heterocycles. The second kappa shape index (κ2) is 5.46. The number of carbonyl (C=O) groups is 1. The number of nitrogens with zero attached hydrogens (tertiary/aromatic N) is 1. The largest absolute Gasteiger partial charge is 0.298 e. The third-order valence-corrected chi connectivity index (χ3v) is 3.36. The van der Waals surface area contributed by atoms with Crippen molar-refractivity contribution in [2.24, 2.45) is 0 Å². The maximum Gasteiger partial charge on any atom is 0.260 e. The van der Waals surface area contributed by atoms with E-state index >= 15 is 0 Å². The zero-order chi connectivity index (χ0) is 13.1. The fourth-order valence-corrected chi connectivity index (χ4v) is 2.33. The van der Waals surface area contributed by atoms with Gasteiger partial charge < -0.3 is 0 Å². The molecule has 0 atom stereocenters. The quantitative estimate of drug-likeness (QED) is 0.875. The van der Waals surface area contributed by atoms with Crippen LogP contribution in [0.5, 0.6) is 0 Å². The maximum absolute atomic E-state index is 13.6. The van der Waals surface area contributed by atoms with Crippen molar-refractivity contribution in [2.75, 3.05) is 5.32 Å². The Morgan fingerprint density at radius 1 is 1.56 bits per heavy atom. The number of aryl methyl sites for hydroxylation is 1. The first-order valence-electron chi connectivity index (χ1n) is 5.18. The minimum atomic E-state index is -0.540. The Morgan fingerprint density at radius 2 is 2.33 bits per heavy atom. The topological polar surface area (TPSA) is 42.0 Å². The molecule has 1 amide bonds. The molecule has 94 valence electrons. The van der Waals surface area contributed by atoms with Crippen LogP contribution in [0.25, 0.3) is 0 Å². The summed E-state index contributed by atoms with van der Waals surface area (Å²) in [5.74, 6) is -0.768. The van der Waals surface area contributed by atoms with E-state index in [0.29, 0.717) is 10.8 Å². The average Bonchev–Trinajstić information content (AvgIpc) is 2.76. The van der Waals surface area contributed by atoms with Crippen LogP contribution in [0.2, 0.25) is 0 Å². The first-order chi connectivity index (χ1) is 8.60. The second-order valence-corrected chi connectivity index (χ2v) is 4.84. The van der Waals surface area contributed by atoms with Crippen molar-refractivity contribution in [3.63, 3.8) is 0 Å². The Hall–Kier alpha value is -1.46. The van der Waals surface area contributed by atoms with E-state index in [1.807, 2.05) is 0 Å². The van der Waals surface area contributed by atoms with Crippen molar-refractivity contribution < 1.29 is 9.18 Å². The highest BCUT2D eigenvalue weighted by Crippen LogP contribution is 2.18. The van der Waals surface area contributed by atoms with Crippen molar-refractivity contribution in [3.8, 4) is 0 Å². The highest BCUT2D eigenvalue weighted by atomic mass is 35.5. The van der Waals surface area contributed by atoms with Crippen LogP contribution in [-0.4, -0.2) is 10.9 Å². The predicted molar refractivity (Wildman–Crippen MR) is 70.8 cm³/mol. The lowest BCUT2D eigenvalue weighted by molar-refractivity contribution is 0.102. The van der Waals surface area contributed by atoms with Crippen molar-refractivity contribution in [2.45, 2.75) is 12.8 Å². The fraction of sp³-hybridized carbons (Fsp3) is 0.167. The summed E-state index contributed by atoms with van der Waals surface area (Å²) >= 11 is 6.86. The molecule has 6 heteroatoms. The Kier molecular flexibility index (Phi) is 3.93. The third-order valence-electron chi connectivity index (χ3n) is 2.28. The number of thiazole rings is 1. The molecule has 1 aromatic heterocycles. The molecule has 0 spiro atoms. The molecular weight excluding hydrogens is 275 g/mol. The molecule has 1 N–H and O–H groups in total. The lowest BCUT2D eigenvalue weighted by Gasteiger charge is -2.03. The van der Waals surface area contributed by atoms with Gasteiger partial charge in [-0.1, -0.05) is 6.07 Å². The monoisotopic (exact) mass is 284 g/mol. The van der Waals surface area contributed by atoms with Crippen LogP contribution in [0.4, 0.5) is 9.52 Å². The molecule has 18 heavy (non-hydrogen) atoms. The minimum absolute atomic E-state index is 0.00298. The minimum Gasteiger partial charge on any atom is -0.298 e. The van der Waals surface area contributed by atoms with Crippen molar-refractivity contribution >= 4 is 34.0 Å². The van der Waals surface area contributed by atoms with E-state index in [1.165, 1.54) is 23.5 Å². The van der Waals surface area contributed by atoms with Gasteiger partial charge in [0, 0.05) is 5.38 Å². The summed E-state index contributed by atoms with van der Waals surface area (Å²) in [7, 11) is 0. The van der Waals surface area contributed by atoms with E-state index < -0.39 is 11.7 Å². The molecule has 0 unspecified atom stereocenters. The molecular formula is C12H10ClFN2OS. The summed E-state index contributed by atoms with van der Waals surface area (Å²) in [5, 5.41) is 4.70. The number of anilines is 1. The van der Waals surface area contributed by atoms with Crippen LogP contribution < -0.4 is 5.32 Å². The van der Waals surface area contributed by atoms with Crippen LogP contribution in [0.1, 0.15) is 21.6 Å².